The van der Waals surface area contributed by atoms with Gasteiger partial charge in [-0.2, -0.15) is 5.10 Å². The largest absolute Gasteiger partial charge is 0.396 e. The topological polar surface area (TPSA) is 67.2 Å². The van der Waals surface area contributed by atoms with E-state index in [9.17, 15) is 4.79 Å². The molecule has 1 aromatic rings. The molecule has 5 nitrogen and oxygen atoms in total. The molecule has 0 saturated carbocycles. The molecule has 0 aliphatic carbocycles. The van der Waals surface area contributed by atoms with Gasteiger partial charge in [0.2, 0.25) is 5.91 Å². The summed E-state index contributed by atoms with van der Waals surface area (Å²) in [5.74, 6) is -0.0854. The minimum Gasteiger partial charge on any atom is -0.396 e. The highest BCUT2D eigenvalue weighted by atomic mass is 16.3. The molecule has 1 rings (SSSR count). The van der Waals surface area contributed by atoms with E-state index in [4.69, 9.17) is 5.11 Å². The molecule has 0 unspecified atom stereocenters. The summed E-state index contributed by atoms with van der Waals surface area (Å²) in [4.78, 5) is 11.7. The summed E-state index contributed by atoms with van der Waals surface area (Å²) in [6.07, 6.45) is 0. The molecule has 1 aromatic heterocycles. The van der Waals surface area contributed by atoms with Gasteiger partial charge in [-0.3, -0.25) is 9.48 Å². The lowest BCUT2D eigenvalue weighted by Gasteiger charge is -2.21. The van der Waals surface area contributed by atoms with Gasteiger partial charge in [0.15, 0.2) is 0 Å². The van der Waals surface area contributed by atoms with E-state index in [0.29, 0.717) is 6.54 Å². The van der Waals surface area contributed by atoms with E-state index in [1.165, 1.54) is 0 Å². The summed E-state index contributed by atoms with van der Waals surface area (Å²) in [5, 5.41) is 16.1. The maximum Gasteiger partial charge on any atom is 0.241 e. The summed E-state index contributed by atoms with van der Waals surface area (Å²) >= 11 is 0. The number of hydrogen-bond donors (Lipinski definition) is 2. The molecule has 1 amide bonds. The summed E-state index contributed by atoms with van der Waals surface area (Å²) in [7, 11) is 0. The first-order valence-corrected chi connectivity index (χ1v) is 5.73. The highest BCUT2D eigenvalue weighted by molar-refractivity contribution is 5.75. The van der Waals surface area contributed by atoms with Crippen molar-refractivity contribution in [3.05, 3.63) is 17.5 Å². The summed E-state index contributed by atoms with van der Waals surface area (Å²) in [6, 6.07) is 1.94. The monoisotopic (exact) mass is 239 g/mol. The van der Waals surface area contributed by atoms with E-state index in [1.807, 2.05) is 33.8 Å². The van der Waals surface area contributed by atoms with Crippen molar-refractivity contribution in [3.8, 4) is 0 Å². The third kappa shape index (κ3) is 4.19. The molecule has 0 fully saturated rings. The lowest BCUT2D eigenvalue weighted by molar-refractivity contribution is -0.122. The Hall–Kier alpha value is -1.36. The Morgan fingerprint density at radius 2 is 2.18 bits per heavy atom. The fourth-order valence-corrected chi connectivity index (χ4v) is 1.42. The Kier molecular flexibility index (Phi) is 4.28. The van der Waals surface area contributed by atoms with Gasteiger partial charge in [-0.25, -0.2) is 0 Å². The number of aromatic nitrogens is 2. The predicted octanol–water partition coefficient (Wildman–Crippen LogP) is 0.635. The molecular weight excluding hydrogens is 218 g/mol. The van der Waals surface area contributed by atoms with Gasteiger partial charge >= 0.3 is 0 Å². The number of nitrogens with zero attached hydrogens (tertiary/aromatic N) is 2. The highest BCUT2D eigenvalue weighted by Gasteiger charge is 2.17. The zero-order valence-corrected chi connectivity index (χ0v) is 10.9. The number of rotatable bonds is 5. The van der Waals surface area contributed by atoms with Gasteiger partial charge in [-0.05, 0) is 19.9 Å². The molecule has 5 heteroatoms. The predicted molar refractivity (Wildman–Crippen MR) is 65.6 cm³/mol. The SMILES string of the molecule is Cc1cc(C)n(CC(=O)NCC(C)(C)CO)n1. The molecule has 0 atom stereocenters. The van der Waals surface area contributed by atoms with E-state index < -0.39 is 0 Å². The van der Waals surface area contributed by atoms with Gasteiger partial charge in [0, 0.05) is 24.3 Å². The highest BCUT2D eigenvalue weighted by Crippen LogP contribution is 2.11. The maximum absolute atomic E-state index is 11.7. The van der Waals surface area contributed by atoms with Crippen molar-refractivity contribution < 1.29 is 9.90 Å². The lowest BCUT2D eigenvalue weighted by atomic mass is 9.95. The van der Waals surface area contributed by atoms with Crippen molar-refractivity contribution in [2.45, 2.75) is 34.2 Å². The molecule has 17 heavy (non-hydrogen) atoms. The number of nitrogens with one attached hydrogen (secondary N) is 1. The van der Waals surface area contributed by atoms with E-state index in [2.05, 4.69) is 10.4 Å². The first-order valence-electron chi connectivity index (χ1n) is 5.73. The van der Waals surface area contributed by atoms with Crippen LogP contribution < -0.4 is 5.32 Å². The molecule has 2 N–H and O–H groups in total. The smallest absolute Gasteiger partial charge is 0.241 e. The summed E-state index contributed by atoms with van der Waals surface area (Å²) < 4.78 is 1.68. The standard InChI is InChI=1S/C12H21N3O2/c1-9-5-10(2)15(14-9)6-11(17)13-7-12(3,4)8-16/h5,16H,6-8H2,1-4H3,(H,13,17). The molecule has 0 aliphatic heterocycles. The zero-order chi connectivity index (χ0) is 13.1. The van der Waals surface area contributed by atoms with Crippen LogP contribution in [0.15, 0.2) is 6.07 Å². The van der Waals surface area contributed by atoms with E-state index in [-0.39, 0.29) is 24.5 Å². The number of aliphatic hydroxyl groups is 1. The van der Waals surface area contributed by atoms with Gasteiger partial charge < -0.3 is 10.4 Å². The van der Waals surface area contributed by atoms with Crippen molar-refractivity contribution >= 4 is 5.91 Å². The number of carbonyl (C=O) groups is 1. The minimum absolute atomic E-state index is 0.0488. The summed E-state index contributed by atoms with van der Waals surface area (Å²) in [6.45, 7) is 8.35. The normalized spacial score (nSPS) is 11.6. The fourth-order valence-electron chi connectivity index (χ4n) is 1.42. The number of amides is 1. The summed E-state index contributed by atoms with van der Waals surface area (Å²) in [5.41, 5.74) is 1.59. The van der Waals surface area contributed by atoms with Gasteiger partial charge in [0.05, 0.1) is 5.69 Å². The second kappa shape index (κ2) is 5.31. The van der Waals surface area contributed by atoms with Crippen LogP contribution in [0, 0.1) is 19.3 Å². The Balaban J connectivity index is 2.48. The van der Waals surface area contributed by atoms with Crippen LogP contribution in [0.4, 0.5) is 0 Å². The van der Waals surface area contributed by atoms with Crippen molar-refractivity contribution in [2.24, 2.45) is 5.41 Å². The first kappa shape index (κ1) is 13.7. The molecule has 0 saturated heterocycles. The van der Waals surface area contributed by atoms with E-state index in [1.54, 1.807) is 4.68 Å². The van der Waals surface area contributed by atoms with E-state index >= 15 is 0 Å². The van der Waals surface area contributed by atoms with E-state index in [0.717, 1.165) is 11.4 Å². The Morgan fingerprint density at radius 3 is 2.65 bits per heavy atom. The molecule has 96 valence electrons. The van der Waals surface area contributed by atoms with Crippen LogP contribution >= 0.6 is 0 Å². The molecule has 0 aliphatic rings. The third-order valence-corrected chi connectivity index (χ3v) is 2.59. The molecule has 0 bridgehead atoms. The van der Waals surface area contributed by atoms with Crippen LogP contribution in [-0.2, 0) is 11.3 Å². The average Bonchev–Trinajstić information content (AvgIpc) is 2.55. The van der Waals surface area contributed by atoms with Crippen molar-refractivity contribution in [3.63, 3.8) is 0 Å². The molecular formula is C12H21N3O2. The maximum atomic E-state index is 11.7. The van der Waals surface area contributed by atoms with Crippen LogP contribution in [0.3, 0.4) is 0 Å². The van der Waals surface area contributed by atoms with Crippen molar-refractivity contribution in [2.75, 3.05) is 13.2 Å². The Morgan fingerprint density at radius 1 is 1.53 bits per heavy atom. The van der Waals surface area contributed by atoms with Gasteiger partial charge in [-0.1, -0.05) is 13.8 Å². The molecule has 0 radical (unpaired) electrons. The second-order valence-corrected chi connectivity index (χ2v) is 5.18. The Bertz CT molecular complexity index is 396. The van der Waals surface area contributed by atoms with Gasteiger partial charge in [0.25, 0.3) is 0 Å². The number of hydrogen-bond acceptors (Lipinski definition) is 3. The zero-order valence-electron chi connectivity index (χ0n) is 10.9. The number of carbonyl (C=O) groups excluding carboxylic acids is 1. The van der Waals surface area contributed by atoms with Crippen LogP contribution in [0.2, 0.25) is 0 Å². The quantitative estimate of drug-likeness (QED) is 0.792. The van der Waals surface area contributed by atoms with Crippen molar-refractivity contribution in [1.82, 2.24) is 15.1 Å². The second-order valence-electron chi connectivity index (χ2n) is 5.18. The fraction of sp³-hybridized carbons (Fsp3) is 0.667. The Labute approximate surface area is 102 Å². The lowest BCUT2D eigenvalue weighted by Crippen LogP contribution is -2.37. The first-order chi connectivity index (χ1) is 7.84. The minimum atomic E-state index is -0.287. The molecule has 0 spiro atoms. The van der Waals surface area contributed by atoms with Crippen LogP contribution in [0.5, 0.6) is 0 Å². The number of aryl methyl sites for hydroxylation is 2. The molecule has 0 aromatic carbocycles. The average molecular weight is 239 g/mol. The van der Waals surface area contributed by atoms with Crippen molar-refractivity contribution in [1.29, 1.82) is 0 Å². The van der Waals surface area contributed by atoms with Crippen LogP contribution in [0.25, 0.3) is 0 Å². The van der Waals surface area contributed by atoms with Gasteiger partial charge in [-0.15, -0.1) is 0 Å². The third-order valence-electron chi connectivity index (χ3n) is 2.59. The molecule has 1 heterocycles. The van der Waals surface area contributed by atoms with Crippen LogP contribution in [-0.4, -0.2) is 33.9 Å². The van der Waals surface area contributed by atoms with Gasteiger partial charge in [0.1, 0.15) is 6.54 Å². The number of aliphatic hydroxyl groups excluding tert-OH is 1. The van der Waals surface area contributed by atoms with Crippen LogP contribution in [0.1, 0.15) is 25.2 Å².